The minimum atomic E-state index is -1.13. The summed E-state index contributed by atoms with van der Waals surface area (Å²) in [5.41, 5.74) is -2.49. The number of likely N-dealkylation sites (tertiary alicyclic amines) is 1. The minimum Gasteiger partial charge on any atom is -0.466 e. The fourth-order valence-corrected chi connectivity index (χ4v) is 6.67. The smallest absolute Gasteiger partial charge is 0.312 e. The first kappa shape index (κ1) is 27.7. The molecule has 0 aromatic heterocycles. The van der Waals surface area contributed by atoms with E-state index in [1.807, 2.05) is 41.5 Å². The number of esters is 1. The summed E-state index contributed by atoms with van der Waals surface area (Å²) in [5, 5.41) is 10.4. The highest BCUT2D eigenvalue weighted by Crippen LogP contribution is 2.65. The van der Waals surface area contributed by atoms with Gasteiger partial charge in [0.25, 0.3) is 0 Å². The Kier molecular flexibility index (Phi) is 7.78. The van der Waals surface area contributed by atoms with Crippen LogP contribution < -0.4 is 0 Å². The number of aliphatic hydroxyl groups excluding tert-OH is 1. The molecule has 2 unspecified atom stereocenters. The number of fused-ring (bicyclic) bond motifs is 1. The topological polar surface area (TPSA) is 96.4 Å². The first-order valence-corrected chi connectivity index (χ1v) is 13.1. The van der Waals surface area contributed by atoms with Gasteiger partial charge in [0.15, 0.2) is 0 Å². The molecule has 0 aromatic carbocycles. The van der Waals surface area contributed by atoms with Crippen molar-refractivity contribution >= 4 is 17.8 Å². The second kappa shape index (κ2) is 9.85. The molecule has 35 heavy (non-hydrogen) atoms. The van der Waals surface area contributed by atoms with Gasteiger partial charge in [-0.25, -0.2) is 0 Å². The summed E-state index contributed by atoms with van der Waals surface area (Å²) >= 11 is 0. The van der Waals surface area contributed by atoms with Gasteiger partial charge < -0.3 is 24.4 Å². The number of amides is 2. The van der Waals surface area contributed by atoms with E-state index in [0.29, 0.717) is 25.8 Å². The lowest BCUT2D eigenvalue weighted by Crippen LogP contribution is -2.62. The molecular formula is C27H44N2O6. The second-order valence-corrected chi connectivity index (χ2v) is 11.4. The van der Waals surface area contributed by atoms with Crippen LogP contribution in [0.4, 0.5) is 0 Å². The molecule has 0 radical (unpaired) electrons. The highest BCUT2D eigenvalue weighted by atomic mass is 16.6. The Balaban J connectivity index is 2.22. The van der Waals surface area contributed by atoms with Gasteiger partial charge in [-0.05, 0) is 52.9 Å². The number of hydrogen-bond acceptors (Lipinski definition) is 6. The lowest BCUT2D eigenvalue weighted by molar-refractivity contribution is -0.165. The molecule has 3 saturated heterocycles. The molecule has 8 heteroatoms. The summed E-state index contributed by atoms with van der Waals surface area (Å²) in [4.78, 5) is 45.2. The van der Waals surface area contributed by atoms with Gasteiger partial charge in [0.05, 0.1) is 30.8 Å². The lowest BCUT2D eigenvalue weighted by atomic mass is 9.65. The van der Waals surface area contributed by atoms with E-state index < -0.39 is 46.6 Å². The Morgan fingerprint density at radius 1 is 1.31 bits per heavy atom. The highest BCUT2D eigenvalue weighted by Gasteiger charge is 2.79. The average Bonchev–Trinajstić information content (AvgIpc) is 3.41. The maximum atomic E-state index is 14.4. The van der Waals surface area contributed by atoms with Crippen molar-refractivity contribution in [2.45, 2.75) is 103 Å². The maximum absolute atomic E-state index is 14.4. The van der Waals surface area contributed by atoms with Gasteiger partial charge in [-0.1, -0.05) is 33.3 Å². The van der Waals surface area contributed by atoms with E-state index in [9.17, 15) is 19.5 Å². The van der Waals surface area contributed by atoms with Gasteiger partial charge >= 0.3 is 5.97 Å². The standard InChI is InChI=1S/C27H44N2O6/c1-9-15-28(25(6,7)8)23(32)21-27-14-13-26(11-3,35-27)20(24(33)34-12-4)19(27)22(31)29(21)18(16-30)17(5)10-2/h9,17-21,30H,1,10-16H2,2-8H3/t17-,18-,19-,20+,21?,26-,27?/m0/s1. The lowest BCUT2D eigenvalue weighted by Gasteiger charge is -2.44. The quantitative estimate of drug-likeness (QED) is 0.372. The van der Waals surface area contributed by atoms with Crippen LogP contribution in [0.2, 0.25) is 0 Å². The molecule has 3 fully saturated rings. The highest BCUT2D eigenvalue weighted by molar-refractivity contribution is 5.99. The van der Waals surface area contributed by atoms with Crippen LogP contribution in [-0.4, -0.2) is 81.3 Å². The molecule has 3 heterocycles. The summed E-state index contributed by atoms with van der Waals surface area (Å²) in [5.74, 6) is -2.59. The van der Waals surface area contributed by atoms with Gasteiger partial charge in [0.2, 0.25) is 11.8 Å². The van der Waals surface area contributed by atoms with E-state index in [0.717, 1.165) is 6.42 Å². The van der Waals surface area contributed by atoms with E-state index in [2.05, 4.69) is 6.58 Å². The number of hydrogen-bond donors (Lipinski definition) is 1. The van der Waals surface area contributed by atoms with E-state index in [1.165, 1.54) is 0 Å². The van der Waals surface area contributed by atoms with Gasteiger partial charge in [-0.2, -0.15) is 0 Å². The molecule has 0 saturated carbocycles. The monoisotopic (exact) mass is 492 g/mol. The fourth-order valence-electron chi connectivity index (χ4n) is 6.67. The van der Waals surface area contributed by atoms with E-state index in [1.54, 1.807) is 22.8 Å². The first-order chi connectivity index (χ1) is 16.4. The Bertz CT molecular complexity index is 853. The van der Waals surface area contributed by atoms with Crippen molar-refractivity contribution in [1.29, 1.82) is 0 Å². The molecule has 1 spiro atoms. The number of nitrogens with zero attached hydrogens (tertiary/aromatic N) is 2. The number of carbonyl (C=O) groups is 3. The van der Waals surface area contributed by atoms with E-state index in [-0.39, 0.29) is 30.9 Å². The molecule has 3 aliphatic rings. The number of aliphatic hydroxyl groups is 1. The third kappa shape index (κ3) is 4.10. The summed E-state index contributed by atoms with van der Waals surface area (Å²) in [6.45, 7) is 17.6. The summed E-state index contributed by atoms with van der Waals surface area (Å²) in [6, 6.07) is -1.49. The Morgan fingerprint density at radius 2 is 1.97 bits per heavy atom. The maximum Gasteiger partial charge on any atom is 0.312 e. The van der Waals surface area contributed by atoms with Crippen LogP contribution in [0, 0.1) is 17.8 Å². The molecule has 3 rings (SSSR count). The Labute approximate surface area is 210 Å². The van der Waals surface area contributed by atoms with E-state index in [4.69, 9.17) is 9.47 Å². The third-order valence-corrected chi connectivity index (χ3v) is 8.63. The predicted octanol–water partition coefficient (Wildman–Crippen LogP) is 2.92. The molecule has 0 aromatic rings. The second-order valence-electron chi connectivity index (χ2n) is 11.4. The van der Waals surface area contributed by atoms with Crippen molar-refractivity contribution in [1.82, 2.24) is 9.80 Å². The van der Waals surface area contributed by atoms with Gasteiger partial charge in [-0.3, -0.25) is 14.4 Å². The third-order valence-electron chi connectivity index (χ3n) is 8.63. The molecule has 3 aliphatic heterocycles. The van der Waals surface area contributed by atoms with Crippen molar-refractivity contribution in [2.75, 3.05) is 19.8 Å². The Hall–Kier alpha value is -1.93. The zero-order valence-electron chi connectivity index (χ0n) is 22.5. The van der Waals surface area contributed by atoms with Crippen molar-refractivity contribution < 1.29 is 29.0 Å². The number of carbonyl (C=O) groups excluding carboxylic acids is 3. The zero-order valence-corrected chi connectivity index (χ0v) is 22.5. The summed E-state index contributed by atoms with van der Waals surface area (Å²) < 4.78 is 12.2. The summed E-state index contributed by atoms with van der Waals surface area (Å²) in [6.07, 6.45) is 4.04. The van der Waals surface area contributed by atoms with Crippen LogP contribution in [0.25, 0.3) is 0 Å². The molecule has 2 bridgehead atoms. The molecule has 2 amide bonds. The van der Waals surface area contributed by atoms with Crippen LogP contribution in [0.3, 0.4) is 0 Å². The molecule has 7 atom stereocenters. The van der Waals surface area contributed by atoms with Crippen LogP contribution in [0.5, 0.6) is 0 Å². The van der Waals surface area contributed by atoms with Crippen molar-refractivity contribution in [3.63, 3.8) is 0 Å². The molecule has 0 aliphatic carbocycles. The van der Waals surface area contributed by atoms with Crippen LogP contribution in [0.15, 0.2) is 12.7 Å². The first-order valence-electron chi connectivity index (χ1n) is 13.1. The van der Waals surface area contributed by atoms with Gasteiger partial charge in [0.1, 0.15) is 17.6 Å². The molecule has 198 valence electrons. The molecular weight excluding hydrogens is 448 g/mol. The molecule has 8 nitrogen and oxygen atoms in total. The summed E-state index contributed by atoms with van der Waals surface area (Å²) in [7, 11) is 0. The normalized spacial score (nSPS) is 33.4. The van der Waals surface area contributed by atoms with Crippen LogP contribution >= 0.6 is 0 Å². The van der Waals surface area contributed by atoms with Crippen molar-refractivity contribution in [3.8, 4) is 0 Å². The number of ether oxygens (including phenoxy) is 2. The van der Waals surface area contributed by atoms with Gasteiger partial charge in [-0.15, -0.1) is 6.58 Å². The predicted molar refractivity (Wildman–Crippen MR) is 132 cm³/mol. The number of rotatable bonds is 10. The van der Waals surface area contributed by atoms with Gasteiger partial charge in [0, 0.05) is 12.1 Å². The van der Waals surface area contributed by atoms with Crippen LogP contribution in [-0.2, 0) is 23.9 Å². The molecule has 1 N–H and O–H groups in total. The van der Waals surface area contributed by atoms with E-state index >= 15 is 0 Å². The van der Waals surface area contributed by atoms with Crippen LogP contribution in [0.1, 0.15) is 74.1 Å². The Morgan fingerprint density at radius 3 is 2.46 bits per heavy atom. The fraction of sp³-hybridized carbons (Fsp3) is 0.815. The van der Waals surface area contributed by atoms with Crippen molar-refractivity contribution in [3.05, 3.63) is 12.7 Å². The average molecular weight is 493 g/mol. The minimum absolute atomic E-state index is 0.0460. The zero-order chi connectivity index (χ0) is 26.3. The SMILES string of the molecule is C=CCN(C(=O)C1N([C@@H](CO)[C@@H](C)CC)C(=O)[C@@H]2[C@H](C(=O)OCC)[C@]3(CC)CCC12O3)C(C)(C)C. The largest absolute Gasteiger partial charge is 0.466 e. The van der Waals surface area contributed by atoms with Crippen molar-refractivity contribution in [2.24, 2.45) is 17.8 Å².